The largest absolute Gasteiger partial charge is 0.454 e. The van der Waals surface area contributed by atoms with E-state index >= 15 is 0 Å². The predicted octanol–water partition coefficient (Wildman–Crippen LogP) is 5.06. The van der Waals surface area contributed by atoms with Crippen molar-refractivity contribution < 1.29 is 19.0 Å². The summed E-state index contributed by atoms with van der Waals surface area (Å²) >= 11 is 5.03. The molecule has 0 radical (unpaired) electrons. The fourth-order valence-electron chi connectivity index (χ4n) is 4.41. The maximum Gasteiger partial charge on any atom is 0.410 e. The number of nitrogens with zero attached hydrogens (tertiary/aromatic N) is 4. The summed E-state index contributed by atoms with van der Waals surface area (Å²) < 4.78 is 19.4. The Bertz CT molecular complexity index is 1350. The molecule has 0 spiro atoms. The molecule has 12 heteroatoms. The molecule has 1 atom stereocenters. The lowest BCUT2D eigenvalue weighted by molar-refractivity contribution is 0.00840. The number of halogens is 1. The van der Waals surface area contributed by atoms with E-state index in [1.54, 1.807) is 6.33 Å². The molecule has 2 aliphatic rings. The van der Waals surface area contributed by atoms with Crippen molar-refractivity contribution in [2.75, 3.05) is 13.3 Å². The van der Waals surface area contributed by atoms with Gasteiger partial charge in [-0.2, -0.15) is 0 Å². The molecule has 36 heavy (non-hydrogen) atoms. The number of hydrogen-bond acceptors (Lipinski definition) is 8. The topological polar surface area (TPSA) is 118 Å². The predicted molar refractivity (Wildman–Crippen MR) is 137 cm³/mol. The number of likely N-dealkylation sites (tertiary alicyclic amines) is 1. The molecule has 1 saturated heterocycles. The number of carbonyl (C=O) groups excluding carboxylic acids is 1. The summed E-state index contributed by atoms with van der Waals surface area (Å²) in [6.07, 6.45) is 5.15. The van der Waals surface area contributed by atoms with Gasteiger partial charge in [0.05, 0.1) is 6.33 Å². The zero-order valence-electron chi connectivity index (χ0n) is 20.5. The molecule has 4 heterocycles. The minimum atomic E-state index is -0.524. The average Bonchev–Trinajstić information content (AvgIpc) is 3.45. The maximum absolute atomic E-state index is 12.8. The average molecular weight is 578 g/mol. The van der Waals surface area contributed by atoms with E-state index in [0.29, 0.717) is 40.9 Å². The number of rotatable bonds is 5. The van der Waals surface area contributed by atoms with Crippen molar-refractivity contribution in [1.29, 1.82) is 5.41 Å². The molecule has 0 aliphatic carbocycles. The van der Waals surface area contributed by atoms with Gasteiger partial charge < -0.3 is 28.7 Å². The number of nitrogens with one attached hydrogen (secondary N) is 2. The van der Waals surface area contributed by atoms with Gasteiger partial charge in [-0.1, -0.05) is 11.8 Å². The summed E-state index contributed by atoms with van der Waals surface area (Å²) in [7, 11) is 0. The highest BCUT2D eigenvalue weighted by atomic mass is 79.9. The van der Waals surface area contributed by atoms with Gasteiger partial charge in [0.1, 0.15) is 11.1 Å². The number of fused-ring (bicyclic) bond motifs is 2. The van der Waals surface area contributed by atoms with E-state index in [1.165, 1.54) is 11.8 Å². The zero-order valence-corrected chi connectivity index (χ0v) is 22.9. The van der Waals surface area contributed by atoms with E-state index in [4.69, 9.17) is 24.6 Å². The van der Waals surface area contributed by atoms with Gasteiger partial charge in [-0.25, -0.2) is 14.8 Å². The van der Waals surface area contributed by atoms with Crippen LogP contribution < -0.4 is 15.0 Å². The molecule has 0 unspecified atom stereocenters. The molecule has 1 fully saturated rings. The number of aromatic amines is 1. The molecule has 5 rings (SSSR count). The summed E-state index contributed by atoms with van der Waals surface area (Å²) in [6, 6.07) is 3.88. The normalized spacial score (nSPS) is 17.6. The van der Waals surface area contributed by atoms with Crippen LogP contribution in [-0.2, 0) is 11.3 Å². The molecule has 3 aromatic rings. The number of aryl methyl sites for hydroxylation is 1. The van der Waals surface area contributed by atoms with Crippen molar-refractivity contribution in [3.8, 4) is 11.5 Å². The van der Waals surface area contributed by atoms with Crippen molar-refractivity contribution >= 4 is 44.9 Å². The van der Waals surface area contributed by atoms with Crippen LogP contribution in [0.5, 0.6) is 11.5 Å². The highest BCUT2D eigenvalue weighted by Gasteiger charge is 2.30. The molecule has 0 bridgehead atoms. The third-order valence-corrected chi connectivity index (χ3v) is 7.95. The number of amides is 1. The molecular formula is C24H29BrN6O4S. The van der Waals surface area contributed by atoms with Crippen LogP contribution in [-0.4, -0.2) is 55.5 Å². The summed E-state index contributed by atoms with van der Waals surface area (Å²) in [5, 5.41) is 8.92. The van der Waals surface area contributed by atoms with Crippen molar-refractivity contribution in [2.24, 2.45) is 0 Å². The highest BCUT2D eigenvalue weighted by Crippen LogP contribution is 2.42. The number of ether oxygens (including phenoxy) is 3. The van der Waals surface area contributed by atoms with Crippen molar-refractivity contribution in [3.63, 3.8) is 0 Å². The SMILES string of the molecule is CC(C)(C)OC(=O)N1CCCC[C@H]1CCn1cnc(=N)c2[nH]c(Sc3cc4c(cc3Br)OCO4)nc21. The summed E-state index contributed by atoms with van der Waals surface area (Å²) in [6.45, 7) is 7.20. The number of imidazole rings is 1. The van der Waals surface area contributed by atoms with Crippen molar-refractivity contribution in [3.05, 3.63) is 28.4 Å². The Labute approximate surface area is 221 Å². The van der Waals surface area contributed by atoms with E-state index in [0.717, 1.165) is 35.1 Å². The molecule has 2 N–H and O–H groups in total. The van der Waals surface area contributed by atoms with Gasteiger partial charge in [0.2, 0.25) is 6.79 Å². The van der Waals surface area contributed by atoms with Crippen LogP contribution in [0, 0.1) is 5.41 Å². The molecule has 2 aliphatic heterocycles. The number of hydrogen-bond donors (Lipinski definition) is 2. The molecule has 1 amide bonds. The standard InChI is InChI=1S/C24H29BrN6O4S/c1-24(2,3)35-23(32)31-8-5-4-6-14(31)7-9-30-12-27-20(26)19-21(30)29-22(28-19)36-18-11-17-16(10-15(18)25)33-13-34-17/h10-12,14,26H,4-9,13H2,1-3H3,(H,28,29)/t14-/m0/s1. The Morgan fingerprint density at radius 1 is 1.31 bits per heavy atom. The van der Waals surface area contributed by atoms with Crippen LogP contribution in [0.15, 0.2) is 33.0 Å². The van der Waals surface area contributed by atoms with E-state index < -0.39 is 5.60 Å². The first-order valence-electron chi connectivity index (χ1n) is 11.9. The monoisotopic (exact) mass is 576 g/mol. The van der Waals surface area contributed by atoms with Crippen LogP contribution in [0.2, 0.25) is 0 Å². The van der Waals surface area contributed by atoms with Gasteiger partial charge in [0.25, 0.3) is 0 Å². The Morgan fingerprint density at radius 2 is 2.08 bits per heavy atom. The quantitative estimate of drug-likeness (QED) is 0.435. The lowest BCUT2D eigenvalue weighted by Gasteiger charge is -2.37. The number of piperidine rings is 1. The molecule has 0 saturated carbocycles. The van der Waals surface area contributed by atoms with Gasteiger partial charge >= 0.3 is 6.09 Å². The van der Waals surface area contributed by atoms with E-state index in [-0.39, 0.29) is 24.4 Å². The minimum Gasteiger partial charge on any atom is -0.454 e. The van der Waals surface area contributed by atoms with Gasteiger partial charge in [-0.05, 0) is 74.5 Å². The third kappa shape index (κ3) is 5.34. The first-order chi connectivity index (χ1) is 17.2. The fraction of sp³-hybridized carbons (Fsp3) is 0.500. The molecule has 1 aromatic carbocycles. The van der Waals surface area contributed by atoms with Crippen LogP contribution in [0.25, 0.3) is 11.2 Å². The first-order valence-corrected chi connectivity index (χ1v) is 13.6. The van der Waals surface area contributed by atoms with Crippen LogP contribution in [0.3, 0.4) is 0 Å². The van der Waals surface area contributed by atoms with Crippen LogP contribution in [0.4, 0.5) is 4.79 Å². The zero-order chi connectivity index (χ0) is 25.4. The van der Waals surface area contributed by atoms with Crippen molar-refractivity contribution in [2.45, 2.75) is 74.7 Å². The second-order valence-corrected chi connectivity index (χ2v) is 11.8. The lowest BCUT2D eigenvalue weighted by atomic mass is 10.00. The maximum atomic E-state index is 12.8. The number of benzene rings is 1. The fourth-order valence-corrected chi connectivity index (χ4v) is 5.79. The van der Waals surface area contributed by atoms with Crippen molar-refractivity contribution in [1.82, 2.24) is 24.4 Å². The summed E-state index contributed by atoms with van der Waals surface area (Å²) in [4.78, 5) is 27.8. The number of aromatic nitrogens is 4. The van der Waals surface area contributed by atoms with E-state index in [1.807, 2.05) is 42.4 Å². The second kappa shape index (κ2) is 9.97. The van der Waals surface area contributed by atoms with E-state index in [2.05, 4.69) is 25.9 Å². The van der Waals surface area contributed by atoms with Gasteiger partial charge in [-0.15, -0.1) is 0 Å². The Balaban J connectivity index is 1.35. The molecular weight excluding hydrogens is 548 g/mol. The van der Waals surface area contributed by atoms with E-state index in [9.17, 15) is 4.79 Å². The van der Waals surface area contributed by atoms with Crippen LogP contribution >= 0.6 is 27.7 Å². The second-order valence-electron chi connectivity index (χ2n) is 9.88. The van der Waals surface area contributed by atoms with Crippen LogP contribution in [0.1, 0.15) is 46.5 Å². The number of carbonyl (C=O) groups is 1. The smallest absolute Gasteiger partial charge is 0.410 e. The van der Waals surface area contributed by atoms with Gasteiger partial charge in [-0.3, -0.25) is 5.41 Å². The Kier molecular flexibility index (Phi) is 6.90. The Morgan fingerprint density at radius 3 is 2.86 bits per heavy atom. The number of H-pyrrole nitrogens is 1. The molecule has 192 valence electrons. The lowest BCUT2D eigenvalue weighted by Crippen LogP contribution is -2.46. The Hall–Kier alpha value is -2.73. The van der Waals surface area contributed by atoms with Gasteiger partial charge in [0.15, 0.2) is 27.8 Å². The summed E-state index contributed by atoms with van der Waals surface area (Å²) in [5.41, 5.74) is 0.848. The first kappa shape index (κ1) is 24.9. The highest BCUT2D eigenvalue weighted by molar-refractivity contribution is 9.10. The molecule has 2 aromatic heterocycles. The molecule has 10 nitrogen and oxygen atoms in total. The minimum absolute atomic E-state index is 0.0872. The summed E-state index contributed by atoms with van der Waals surface area (Å²) in [5.74, 6) is 1.39. The third-order valence-electron chi connectivity index (χ3n) is 6.09. The van der Waals surface area contributed by atoms with Gasteiger partial charge in [0, 0.05) is 28.5 Å².